The molecule has 0 bridgehead atoms. The van der Waals surface area contributed by atoms with Gasteiger partial charge < -0.3 is 19.9 Å². The summed E-state index contributed by atoms with van der Waals surface area (Å²) in [6, 6.07) is 10.5. The summed E-state index contributed by atoms with van der Waals surface area (Å²) in [5, 5.41) is 20.9. The number of para-hydroxylation sites is 2. The monoisotopic (exact) mass is 372 g/mol. The SMILES string of the molecule is O=C(CSc1nc2ccccc2o1)Nc1cc(C(=O)O)ccc1C(=O)O. The number of nitrogens with one attached hydrogen (secondary N) is 1. The number of hydrogen-bond donors (Lipinski definition) is 3. The predicted octanol–water partition coefficient (Wildman–Crippen LogP) is 2.96. The number of carbonyl (C=O) groups is 3. The zero-order chi connectivity index (χ0) is 18.7. The molecule has 2 aromatic carbocycles. The second-order valence-electron chi connectivity index (χ2n) is 5.16. The number of benzene rings is 2. The Hall–Kier alpha value is -3.33. The Morgan fingerprint density at radius 1 is 1.08 bits per heavy atom. The minimum atomic E-state index is -1.27. The molecule has 0 fully saturated rings. The number of oxazole rings is 1. The fraction of sp³-hybridized carbons (Fsp3) is 0.0588. The van der Waals surface area contributed by atoms with Gasteiger partial charge in [-0.2, -0.15) is 0 Å². The Bertz CT molecular complexity index is 980. The van der Waals surface area contributed by atoms with E-state index in [-0.39, 0.29) is 22.6 Å². The summed E-state index contributed by atoms with van der Waals surface area (Å²) in [6.07, 6.45) is 0. The molecule has 0 atom stereocenters. The number of carboxylic acids is 2. The van der Waals surface area contributed by atoms with Crippen LogP contribution in [0.2, 0.25) is 0 Å². The Balaban J connectivity index is 1.71. The van der Waals surface area contributed by atoms with E-state index in [4.69, 9.17) is 14.6 Å². The summed E-state index contributed by atoms with van der Waals surface area (Å²) in [5.41, 5.74) is 0.850. The zero-order valence-corrected chi connectivity index (χ0v) is 13.9. The molecule has 8 nitrogen and oxygen atoms in total. The fourth-order valence-electron chi connectivity index (χ4n) is 2.19. The van der Waals surface area contributed by atoms with Crippen LogP contribution in [0, 0.1) is 0 Å². The maximum absolute atomic E-state index is 12.1. The average molecular weight is 372 g/mol. The lowest BCUT2D eigenvalue weighted by Crippen LogP contribution is -2.17. The molecule has 0 unspecified atom stereocenters. The molecule has 9 heteroatoms. The van der Waals surface area contributed by atoms with Crippen LogP contribution in [0.15, 0.2) is 52.1 Å². The Morgan fingerprint density at radius 3 is 2.54 bits per heavy atom. The smallest absolute Gasteiger partial charge is 0.337 e. The molecule has 0 saturated heterocycles. The van der Waals surface area contributed by atoms with Crippen LogP contribution < -0.4 is 5.32 Å². The van der Waals surface area contributed by atoms with E-state index >= 15 is 0 Å². The van der Waals surface area contributed by atoms with Crippen molar-refractivity contribution in [3.05, 3.63) is 53.6 Å². The van der Waals surface area contributed by atoms with Gasteiger partial charge in [0.05, 0.1) is 22.6 Å². The normalized spacial score (nSPS) is 10.6. The van der Waals surface area contributed by atoms with Crippen molar-refractivity contribution in [3.63, 3.8) is 0 Å². The van der Waals surface area contributed by atoms with Crippen molar-refractivity contribution in [3.8, 4) is 0 Å². The van der Waals surface area contributed by atoms with Crippen molar-refractivity contribution >= 4 is 46.4 Å². The van der Waals surface area contributed by atoms with Crippen LogP contribution >= 0.6 is 11.8 Å². The van der Waals surface area contributed by atoms with Crippen LogP contribution in [0.25, 0.3) is 11.1 Å². The predicted molar refractivity (Wildman–Crippen MR) is 93.7 cm³/mol. The molecule has 0 aliphatic carbocycles. The van der Waals surface area contributed by atoms with E-state index in [1.165, 1.54) is 0 Å². The molecular formula is C17H12N2O6S. The Kier molecular flexibility index (Phi) is 4.90. The zero-order valence-electron chi connectivity index (χ0n) is 13.1. The van der Waals surface area contributed by atoms with Crippen LogP contribution in [0.4, 0.5) is 5.69 Å². The molecular weight excluding hydrogens is 360 g/mol. The molecule has 3 aromatic rings. The number of fused-ring (bicyclic) bond motifs is 1. The summed E-state index contributed by atoms with van der Waals surface area (Å²) in [4.78, 5) is 38.6. The van der Waals surface area contributed by atoms with Crippen molar-refractivity contribution in [2.45, 2.75) is 5.22 Å². The number of anilines is 1. The molecule has 0 radical (unpaired) electrons. The third-order valence-electron chi connectivity index (χ3n) is 3.37. The molecule has 0 aliphatic heterocycles. The minimum absolute atomic E-state index is 0.0802. The molecule has 26 heavy (non-hydrogen) atoms. The Morgan fingerprint density at radius 2 is 1.85 bits per heavy atom. The summed E-state index contributed by atoms with van der Waals surface area (Å²) in [5.74, 6) is -3.09. The third kappa shape index (κ3) is 3.83. The van der Waals surface area contributed by atoms with E-state index in [2.05, 4.69) is 10.3 Å². The number of aromatic carboxylic acids is 2. The largest absolute Gasteiger partial charge is 0.478 e. The number of amides is 1. The second kappa shape index (κ2) is 7.28. The number of nitrogens with zero attached hydrogens (tertiary/aromatic N) is 1. The van der Waals surface area contributed by atoms with Gasteiger partial charge in [-0.3, -0.25) is 4.79 Å². The van der Waals surface area contributed by atoms with E-state index in [0.717, 1.165) is 30.0 Å². The van der Waals surface area contributed by atoms with Gasteiger partial charge in [-0.05, 0) is 30.3 Å². The van der Waals surface area contributed by atoms with Crippen molar-refractivity contribution in [1.82, 2.24) is 4.98 Å². The first kappa shape index (κ1) is 17.5. The number of carboxylic acid groups (broad SMARTS) is 2. The molecule has 1 heterocycles. The summed E-state index contributed by atoms with van der Waals surface area (Å²) in [6.45, 7) is 0. The first-order chi connectivity index (χ1) is 12.4. The summed E-state index contributed by atoms with van der Waals surface area (Å²) < 4.78 is 5.48. The lowest BCUT2D eigenvalue weighted by molar-refractivity contribution is -0.113. The van der Waals surface area contributed by atoms with Gasteiger partial charge in [0.2, 0.25) is 5.91 Å². The first-order valence-corrected chi connectivity index (χ1v) is 8.31. The lowest BCUT2D eigenvalue weighted by Gasteiger charge is -2.09. The van der Waals surface area contributed by atoms with E-state index < -0.39 is 17.8 Å². The number of thioether (sulfide) groups is 1. The van der Waals surface area contributed by atoms with Crippen LogP contribution in [0.3, 0.4) is 0 Å². The topological polar surface area (TPSA) is 130 Å². The summed E-state index contributed by atoms with van der Waals surface area (Å²) in [7, 11) is 0. The highest BCUT2D eigenvalue weighted by atomic mass is 32.2. The van der Waals surface area contributed by atoms with Crippen molar-refractivity contribution in [2.24, 2.45) is 0 Å². The third-order valence-corrected chi connectivity index (χ3v) is 4.20. The van der Waals surface area contributed by atoms with Crippen molar-refractivity contribution in [1.29, 1.82) is 0 Å². The molecule has 1 amide bonds. The van der Waals surface area contributed by atoms with Gasteiger partial charge in [-0.25, -0.2) is 14.6 Å². The molecule has 3 N–H and O–H groups in total. The lowest BCUT2D eigenvalue weighted by atomic mass is 10.1. The molecule has 132 valence electrons. The van der Waals surface area contributed by atoms with Gasteiger partial charge >= 0.3 is 11.9 Å². The van der Waals surface area contributed by atoms with Crippen LogP contribution in [-0.2, 0) is 4.79 Å². The van der Waals surface area contributed by atoms with Gasteiger partial charge in [0.25, 0.3) is 5.22 Å². The van der Waals surface area contributed by atoms with Crippen LogP contribution in [-0.4, -0.2) is 38.8 Å². The van der Waals surface area contributed by atoms with E-state index in [1.807, 2.05) is 6.07 Å². The van der Waals surface area contributed by atoms with Gasteiger partial charge in [0, 0.05) is 0 Å². The highest BCUT2D eigenvalue weighted by Gasteiger charge is 2.16. The minimum Gasteiger partial charge on any atom is -0.478 e. The first-order valence-electron chi connectivity index (χ1n) is 7.33. The number of aromatic nitrogens is 1. The van der Waals surface area contributed by atoms with Crippen molar-refractivity contribution in [2.75, 3.05) is 11.1 Å². The quantitative estimate of drug-likeness (QED) is 0.563. The molecule has 0 aliphatic rings. The maximum Gasteiger partial charge on any atom is 0.337 e. The number of carbonyl (C=O) groups excluding carboxylic acids is 1. The molecule has 1 aromatic heterocycles. The van der Waals surface area contributed by atoms with Gasteiger partial charge in [0.15, 0.2) is 5.58 Å². The van der Waals surface area contributed by atoms with Crippen LogP contribution in [0.1, 0.15) is 20.7 Å². The highest BCUT2D eigenvalue weighted by molar-refractivity contribution is 7.99. The van der Waals surface area contributed by atoms with Gasteiger partial charge in [-0.15, -0.1) is 0 Å². The van der Waals surface area contributed by atoms with E-state index in [0.29, 0.717) is 16.3 Å². The van der Waals surface area contributed by atoms with Gasteiger partial charge in [0.1, 0.15) is 5.52 Å². The van der Waals surface area contributed by atoms with E-state index in [1.54, 1.807) is 18.2 Å². The number of hydrogen-bond acceptors (Lipinski definition) is 6. The summed E-state index contributed by atoms with van der Waals surface area (Å²) >= 11 is 1.04. The Labute approximate surface area is 150 Å². The standard InChI is InChI=1S/C17H12N2O6S/c20-14(8-26-17-19-11-3-1-2-4-13(11)25-17)18-12-7-9(15(21)22)5-6-10(12)16(23)24/h1-7H,8H2,(H,18,20)(H,21,22)(H,23,24). The number of rotatable bonds is 6. The average Bonchev–Trinajstić information content (AvgIpc) is 3.02. The molecule has 3 rings (SSSR count). The van der Waals surface area contributed by atoms with Gasteiger partial charge in [-0.1, -0.05) is 23.9 Å². The van der Waals surface area contributed by atoms with Crippen molar-refractivity contribution < 1.29 is 29.0 Å². The highest BCUT2D eigenvalue weighted by Crippen LogP contribution is 2.24. The second-order valence-corrected chi connectivity index (χ2v) is 6.08. The molecule has 0 saturated carbocycles. The fourth-order valence-corrected chi connectivity index (χ4v) is 2.83. The maximum atomic E-state index is 12.1. The van der Waals surface area contributed by atoms with Crippen LogP contribution in [0.5, 0.6) is 0 Å². The van der Waals surface area contributed by atoms with E-state index in [9.17, 15) is 14.4 Å². The molecule has 0 spiro atoms.